The smallest absolute Gasteiger partial charge is 0.323 e. The lowest BCUT2D eigenvalue weighted by Crippen LogP contribution is -2.34. The molecule has 0 N–H and O–H groups in total. The van der Waals surface area contributed by atoms with Crippen molar-refractivity contribution in [2.75, 3.05) is 7.11 Å². The molecule has 0 fully saturated rings. The van der Waals surface area contributed by atoms with Crippen LogP contribution in [0.3, 0.4) is 0 Å². The quantitative estimate of drug-likeness (QED) is 0.466. The molecule has 0 aliphatic heterocycles. The summed E-state index contributed by atoms with van der Waals surface area (Å²) in [4.78, 5) is 22.0. The van der Waals surface area contributed by atoms with Crippen molar-refractivity contribution >= 4 is 5.97 Å². The number of benzene rings is 1. The molecule has 0 saturated heterocycles. The van der Waals surface area contributed by atoms with E-state index >= 15 is 0 Å². The molecular formula is C13H13FN2O4. The van der Waals surface area contributed by atoms with Gasteiger partial charge in [0.05, 0.1) is 19.1 Å². The van der Waals surface area contributed by atoms with E-state index in [0.717, 1.165) is 13.2 Å². The Bertz CT molecular complexity index is 556. The first kappa shape index (κ1) is 15.6. The average molecular weight is 280 g/mol. The van der Waals surface area contributed by atoms with E-state index in [-0.39, 0.29) is 5.56 Å². The number of carbonyl (C=O) groups is 1. The summed E-state index contributed by atoms with van der Waals surface area (Å²) >= 11 is 0. The maximum absolute atomic E-state index is 13.3. The largest absolute Gasteiger partial charge is 0.468 e. The van der Waals surface area contributed by atoms with Crippen molar-refractivity contribution in [3.8, 4) is 6.07 Å². The molecule has 1 rings (SSSR count). The van der Waals surface area contributed by atoms with Gasteiger partial charge in [-0.3, -0.25) is 14.9 Å². The lowest BCUT2D eigenvalue weighted by Gasteiger charge is -2.21. The molecule has 0 aromatic heterocycles. The molecule has 0 amide bonds. The highest BCUT2D eigenvalue weighted by molar-refractivity contribution is 5.76. The second-order valence-corrected chi connectivity index (χ2v) is 4.24. The maximum atomic E-state index is 13.3. The normalized spacial score (nSPS) is 14.7. The van der Waals surface area contributed by atoms with Gasteiger partial charge in [0.1, 0.15) is 5.82 Å². The molecule has 0 aliphatic carbocycles. The van der Waals surface area contributed by atoms with Crippen molar-refractivity contribution in [3.63, 3.8) is 0 Å². The minimum absolute atomic E-state index is 0.214. The molecule has 0 aliphatic rings. The van der Waals surface area contributed by atoms with Crippen molar-refractivity contribution in [2.24, 2.45) is 5.92 Å². The van der Waals surface area contributed by atoms with Gasteiger partial charge in [-0.05, 0) is 17.7 Å². The van der Waals surface area contributed by atoms with E-state index in [4.69, 9.17) is 5.26 Å². The lowest BCUT2D eigenvalue weighted by atomic mass is 9.82. The number of methoxy groups -OCH3 is 1. The van der Waals surface area contributed by atoms with Crippen molar-refractivity contribution in [3.05, 3.63) is 45.8 Å². The van der Waals surface area contributed by atoms with Gasteiger partial charge >= 0.3 is 5.97 Å². The molecule has 3 atom stereocenters. The fourth-order valence-corrected chi connectivity index (χ4v) is 2.00. The summed E-state index contributed by atoms with van der Waals surface area (Å²) in [5, 5.41) is 20.1. The standard InChI is InChI=1S/C13H13FN2O4/c1-8(16(18)19)12(11(7-15)13(17)20-2)9-4-3-5-10(14)6-9/h3-6,8,11-12H,1-2H3. The molecule has 1 aromatic rings. The van der Waals surface area contributed by atoms with Crippen molar-refractivity contribution in [1.29, 1.82) is 5.26 Å². The number of nitro groups is 1. The molecule has 1 aromatic carbocycles. The Kier molecular flexibility index (Phi) is 5.15. The molecule has 6 nitrogen and oxygen atoms in total. The summed E-state index contributed by atoms with van der Waals surface area (Å²) < 4.78 is 17.8. The highest BCUT2D eigenvalue weighted by Crippen LogP contribution is 2.30. The number of rotatable bonds is 5. The summed E-state index contributed by atoms with van der Waals surface area (Å²) in [5.74, 6) is -3.93. The highest BCUT2D eigenvalue weighted by Gasteiger charge is 2.40. The van der Waals surface area contributed by atoms with Crippen LogP contribution >= 0.6 is 0 Å². The summed E-state index contributed by atoms with van der Waals surface area (Å²) in [6.45, 7) is 1.27. The molecule has 0 radical (unpaired) electrons. The van der Waals surface area contributed by atoms with Gasteiger partial charge in [-0.25, -0.2) is 4.39 Å². The Morgan fingerprint density at radius 3 is 2.65 bits per heavy atom. The van der Waals surface area contributed by atoms with Gasteiger partial charge in [0, 0.05) is 11.8 Å². The van der Waals surface area contributed by atoms with Crippen LogP contribution in [-0.2, 0) is 9.53 Å². The fraction of sp³-hybridized carbons (Fsp3) is 0.385. The maximum Gasteiger partial charge on any atom is 0.323 e. The number of halogens is 1. The van der Waals surface area contributed by atoms with Gasteiger partial charge in [-0.15, -0.1) is 0 Å². The predicted octanol–water partition coefficient (Wildman–Crippen LogP) is 1.89. The van der Waals surface area contributed by atoms with E-state index < -0.39 is 34.6 Å². The van der Waals surface area contributed by atoms with Crippen molar-refractivity contribution < 1.29 is 18.8 Å². The van der Waals surface area contributed by atoms with E-state index in [1.54, 1.807) is 6.07 Å². The minimum atomic E-state index is -1.37. The third kappa shape index (κ3) is 3.29. The van der Waals surface area contributed by atoms with Gasteiger partial charge < -0.3 is 4.74 Å². The Hall–Kier alpha value is -2.49. The van der Waals surface area contributed by atoms with Crippen LogP contribution in [0.5, 0.6) is 0 Å². The second kappa shape index (κ2) is 6.61. The first-order chi connectivity index (χ1) is 9.42. The second-order valence-electron chi connectivity index (χ2n) is 4.24. The number of hydrogen-bond donors (Lipinski definition) is 0. The van der Waals surface area contributed by atoms with Crippen molar-refractivity contribution in [2.45, 2.75) is 18.9 Å². The summed E-state index contributed by atoms with van der Waals surface area (Å²) in [6.07, 6.45) is 0. The number of hydrogen-bond acceptors (Lipinski definition) is 5. The molecule has 3 unspecified atom stereocenters. The SMILES string of the molecule is COC(=O)C(C#N)C(c1cccc(F)c1)C(C)[N+](=O)[O-]. The van der Waals surface area contributed by atoms with Crippen LogP contribution in [0, 0.1) is 33.2 Å². The van der Waals surface area contributed by atoms with Crippen LogP contribution in [-0.4, -0.2) is 24.0 Å². The van der Waals surface area contributed by atoms with Gasteiger partial charge in [0.25, 0.3) is 0 Å². The molecule has 106 valence electrons. The van der Waals surface area contributed by atoms with Crippen LogP contribution in [0.2, 0.25) is 0 Å². The Balaban J connectivity index is 3.31. The zero-order valence-corrected chi connectivity index (χ0v) is 10.9. The topological polar surface area (TPSA) is 93.2 Å². The van der Waals surface area contributed by atoms with Crippen molar-refractivity contribution in [1.82, 2.24) is 0 Å². The summed E-state index contributed by atoms with van der Waals surface area (Å²) in [5.41, 5.74) is 0.214. The zero-order valence-electron chi connectivity index (χ0n) is 10.9. The van der Waals surface area contributed by atoms with Crippen LogP contribution in [0.15, 0.2) is 24.3 Å². The first-order valence-corrected chi connectivity index (χ1v) is 5.78. The summed E-state index contributed by atoms with van der Waals surface area (Å²) in [6, 6.07) is 5.54. The minimum Gasteiger partial charge on any atom is -0.468 e. The van der Waals surface area contributed by atoms with Crippen LogP contribution in [0.4, 0.5) is 4.39 Å². The number of esters is 1. The number of carbonyl (C=O) groups excluding carboxylic acids is 1. The van der Waals surface area contributed by atoms with E-state index in [1.807, 2.05) is 0 Å². The van der Waals surface area contributed by atoms with E-state index in [1.165, 1.54) is 25.1 Å². The molecule has 0 spiro atoms. The third-order valence-corrected chi connectivity index (χ3v) is 3.04. The molecule has 20 heavy (non-hydrogen) atoms. The highest BCUT2D eigenvalue weighted by atomic mass is 19.1. The third-order valence-electron chi connectivity index (χ3n) is 3.04. The van der Waals surface area contributed by atoms with Gasteiger partial charge in [-0.2, -0.15) is 5.26 Å². The van der Waals surface area contributed by atoms with E-state index in [2.05, 4.69) is 4.74 Å². The zero-order chi connectivity index (χ0) is 15.3. The molecule has 0 heterocycles. The molecule has 0 bridgehead atoms. The Labute approximate surface area is 114 Å². The molecule has 7 heteroatoms. The predicted molar refractivity (Wildman–Crippen MR) is 66.7 cm³/mol. The van der Waals surface area contributed by atoms with Crippen LogP contribution in [0.1, 0.15) is 18.4 Å². The number of nitriles is 1. The summed E-state index contributed by atoms with van der Waals surface area (Å²) in [7, 11) is 1.09. The molecular weight excluding hydrogens is 267 g/mol. The first-order valence-electron chi connectivity index (χ1n) is 5.78. The number of ether oxygens (including phenoxy) is 1. The Morgan fingerprint density at radius 1 is 1.55 bits per heavy atom. The van der Waals surface area contributed by atoms with Gasteiger partial charge in [0.15, 0.2) is 5.92 Å². The fourth-order valence-electron chi connectivity index (χ4n) is 2.00. The van der Waals surface area contributed by atoms with Gasteiger partial charge in [0.2, 0.25) is 6.04 Å². The Morgan fingerprint density at radius 2 is 2.20 bits per heavy atom. The van der Waals surface area contributed by atoms with E-state index in [9.17, 15) is 19.3 Å². The molecule has 0 saturated carbocycles. The lowest BCUT2D eigenvalue weighted by molar-refractivity contribution is -0.523. The van der Waals surface area contributed by atoms with Crippen LogP contribution in [0.25, 0.3) is 0 Å². The monoisotopic (exact) mass is 280 g/mol. The van der Waals surface area contributed by atoms with Gasteiger partial charge in [-0.1, -0.05) is 12.1 Å². The van der Waals surface area contributed by atoms with E-state index in [0.29, 0.717) is 0 Å². The van der Waals surface area contributed by atoms with Crippen LogP contribution < -0.4 is 0 Å². The number of nitrogens with zero attached hydrogens (tertiary/aromatic N) is 2. The average Bonchev–Trinajstić information content (AvgIpc) is 2.42.